The number of hydrogen-bond donors (Lipinski definition) is 1. The van der Waals surface area contributed by atoms with Crippen LogP contribution < -0.4 is 5.32 Å². The Morgan fingerprint density at radius 3 is 2.58 bits per heavy atom. The summed E-state index contributed by atoms with van der Waals surface area (Å²) in [6.45, 7) is 1.82. The zero-order valence-electron chi connectivity index (χ0n) is 10.2. The van der Waals surface area contributed by atoms with Gasteiger partial charge in [0.05, 0.1) is 11.1 Å². The molecule has 0 saturated heterocycles. The van der Waals surface area contributed by atoms with Crippen molar-refractivity contribution >= 4 is 21.8 Å². The molecule has 1 N–H and O–H groups in total. The maximum absolute atomic E-state index is 12.9. The summed E-state index contributed by atoms with van der Waals surface area (Å²) in [5.41, 5.74) is -1.24. The molecule has 1 aromatic rings. The second-order valence-corrected chi connectivity index (χ2v) is 5.70. The van der Waals surface area contributed by atoms with Crippen LogP contribution in [0.1, 0.15) is 35.7 Å². The van der Waals surface area contributed by atoms with Crippen LogP contribution in [0.2, 0.25) is 0 Å². The number of amides is 1. The van der Waals surface area contributed by atoms with Crippen LogP contribution in [0, 0.1) is 5.92 Å². The Labute approximate surface area is 117 Å². The molecular formula is C13H13BrF3NO. The zero-order chi connectivity index (χ0) is 14.2. The maximum atomic E-state index is 12.9. The Bertz CT molecular complexity index is 497. The lowest BCUT2D eigenvalue weighted by Gasteiger charge is -2.16. The van der Waals surface area contributed by atoms with Crippen LogP contribution in [-0.2, 0) is 6.18 Å². The molecule has 104 valence electrons. The van der Waals surface area contributed by atoms with E-state index in [-0.39, 0.29) is 11.6 Å². The first kappa shape index (κ1) is 14.4. The molecule has 1 amide bonds. The monoisotopic (exact) mass is 335 g/mol. The Hall–Kier alpha value is -1.04. The summed E-state index contributed by atoms with van der Waals surface area (Å²) in [6.07, 6.45) is -2.50. The van der Waals surface area contributed by atoms with Crippen LogP contribution in [0.3, 0.4) is 0 Å². The molecule has 0 bridgehead atoms. The fourth-order valence-electron chi connectivity index (χ4n) is 1.95. The van der Waals surface area contributed by atoms with E-state index < -0.39 is 17.6 Å². The second-order valence-electron chi connectivity index (χ2n) is 4.79. The highest BCUT2D eigenvalue weighted by molar-refractivity contribution is 9.10. The van der Waals surface area contributed by atoms with Gasteiger partial charge in [0, 0.05) is 10.5 Å². The molecule has 2 rings (SSSR count). The summed E-state index contributed by atoms with van der Waals surface area (Å²) in [5, 5.41) is 2.64. The van der Waals surface area contributed by atoms with Crippen molar-refractivity contribution in [2.45, 2.75) is 32.0 Å². The van der Waals surface area contributed by atoms with E-state index in [1.54, 1.807) is 0 Å². The van der Waals surface area contributed by atoms with Crippen molar-refractivity contribution in [3.8, 4) is 0 Å². The van der Waals surface area contributed by atoms with E-state index in [0.717, 1.165) is 18.9 Å². The van der Waals surface area contributed by atoms with Crippen LogP contribution in [0.25, 0.3) is 0 Å². The SMILES string of the molecule is C[C@H](NC(=O)c1ccc(Br)cc1C(F)(F)F)C1CC1. The van der Waals surface area contributed by atoms with E-state index in [2.05, 4.69) is 21.2 Å². The van der Waals surface area contributed by atoms with Crippen molar-refractivity contribution in [1.29, 1.82) is 0 Å². The summed E-state index contributed by atoms with van der Waals surface area (Å²) in [6, 6.07) is 3.47. The van der Waals surface area contributed by atoms with Gasteiger partial charge in [-0.05, 0) is 43.9 Å². The molecule has 0 aliphatic heterocycles. The molecule has 6 heteroatoms. The normalized spacial score (nSPS) is 17.1. The van der Waals surface area contributed by atoms with E-state index in [1.165, 1.54) is 12.1 Å². The third-order valence-corrected chi connectivity index (χ3v) is 3.71. The van der Waals surface area contributed by atoms with E-state index in [0.29, 0.717) is 10.4 Å². The Morgan fingerprint density at radius 2 is 2.05 bits per heavy atom. The van der Waals surface area contributed by atoms with Gasteiger partial charge in [0.1, 0.15) is 0 Å². The van der Waals surface area contributed by atoms with E-state index in [4.69, 9.17) is 0 Å². The van der Waals surface area contributed by atoms with Crippen molar-refractivity contribution in [3.63, 3.8) is 0 Å². The van der Waals surface area contributed by atoms with Gasteiger partial charge in [0.2, 0.25) is 0 Å². The first-order valence-electron chi connectivity index (χ1n) is 5.96. The Balaban J connectivity index is 2.25. The third-order valence-electron chi connectivity index (χ3n) is 3.22. The molecule has 0 spiro atoms. The van der Waals surface area contributed by atoms with E-state index >= 15 is 0 Å². The molecule has 1 atom stereocenters. The molecule has 1 fully saturated rings. The molecule has 1 aliphatic rings. The Morgan fingerprint density at radius 1 is 1.42 bits per heavy atom. The van der Waals surface area contributed by atoms with Crippen molar-refractivity contribution in [3.05, 3.63) is 33.8 Å². The lowest BCUT2D eigenvalue weighted by atomic mass is 10.1. The predicted octanol–water partition coefficient (Wildman–Crippen LogP) is 4.00. The van der Waals surface area contributed by atoms with Crippen LogP contribution >= 0.6 is 15.9 Å². The quantitative estimate of drug-likeness (QED) is 0.888. The average Bonchev–Trinajstić information content (AvgIpc) is 3.11. The number of carbonyl (C=O) groups is 1. The predicted molar refractivity (Wildman–Crippen MR) is 68.8 cm³/mol. The fourth-order valence-corrected chi connectivity index (χ4v) is 2.31. The molecule has 1 aromatic carbocycles. The van der Waals surface area contributed by atoms with Gasteiger partial charge >= 0.3 is 6.18 Å². The molecular weight excluding hydrogens is 323 g/mol. The average molecular weight is 336 g/mol. The molecule has 0 aromatic heterocycles. The Kier molecular flexibility index (Phi) is 3.90. The number of carbonyl (C=O) groups excluding carboxylic acids is 1. The first-order chi connectivity index (χ1) is 8.79. The number of alkyl halides is 3. The largest absolute Gasteiger partial charge is 0.417 e. The van der Waals surface area contributed by atoms with Gasteiger partial charge in [0.25, 0.3) is 5.91 Å². The fraction of sp³-hybridized carbons (Fsp3) is 0.462. The van der Waals surface area contributed by atoms with Gasteiger partial charge in [-0.3, -0.25) is 4.79 Å². The van der Waals surface area contributed by atoms with E-state index in [1.807, 2.05) is 6.92 Å². The zero-order valence-corrected chi connectivity index (χ0v) is 11.8. The molecule has 1 saturated carbocycles. The van der Waals surface area contributed by atoms with Gasteiger partial charge < -0.3 is 5.32 Å². The third kappa shape index (κ3) is 3.49. The lowest BCUT2D eigenvalue weighted by molar-refractivity contribution is -0.138. The summed E-state index contributed by atoms with van der Waals surface area (Å²) in [5.74, 6) is -0.270. The van der Waals surface area contributed by atoms with Crippen molar-refractivity contribution in [2.24, 2.45) is 5.92 Å². The van der Waals surface area contributed by atoms with E-state index in [9.17, 15) is 18.0 Å². The second kappa shape index (κ2) is 5.15. The van der Waals surface area contributed by atoms with Crippen LogP contribution in [0.15, 0.2) is 22.7 Å². The minimum Gasteiger partial charge on any atom is -0.349 e. The van der Waals surface area contributed by atoms with Crippen LogP contribution in [-0.4, -0.2) is 11.9 Å². The van der Waals surface area contributed by atoms with Gasteiger partial charge in [-0.15, -0.1) is 0 Å². The lowest BCUT2D eigenvalue weighted by Crippen LogP contribution is -2.35. The van der Waals surface area contributed by atoms with Crippen molar-refractivity contribution < 1.29 is 18.0 Å². The smallest absolute Gasteiger partial charge is 0.349 e. The molecule has 0 radical (unpaired) electrons. The molecule has 0 unspecified atom stereocenters. The van der Waals surface area contributed by atoms with Gasteiger partial charge in [0.15, 0.2) is 0 Å². The number of benzene rings is 1. The summed E-state index contributed by atoms with van der Waals surface area (Å²) in [7, 11) is 0. The molecule has 2 nitrogen and oxygen atoms in total. The molecule has 0 heterocycles. The highest BCUT2D eigenvalue weighted by Crippen LogP contribution is 2.35. The number of rotatable bonds is 3. The van der Waals surface area contributed by atoms with Gasteiger partial charge in [-0.25, -0.2) is 0 Å². The summed E-state index contributed by atoms with van der Waals surface area (Å²) in [4.78, 5) is 11.9. The summed E-state index contributed by atoms with van der Waals surface area (Å²) < 4.78 is 39.0. The maximum Gasteiger partial charge on any atom is 0.417 e. The van der Waals surface area contributed by atoms with Crippen LogP contribution in [0.5, 0.6) is 0 Å². The van der Waals surface area contributed by atoms with Crippen LogP contribution in [0.4, 0.5) is 13.2 Å². The summed E-state index contributed by atoms with van der Waals surface area (Å²) >= 11 is 2.99. The molecule has 19 heavy (non-hydrogen) atoms. The highest BCUT2D eigenvalue weighted by atomic mass is 79.9. The number of halogens is 4. The first-order valence-corrected chi connectivity index (χ1v) is 6.76. The number of nitrogens with one attached hydrogen (secondary N) is 1. The number of hydrogen-bond acceptors (Lipinski definition) is 1. The minimum absolute atomic E-state index is 0.0859. The molecule has 1 aliphatic carbocycles. The van der Waals surface area contributed by atoms with Gasteiger partial charge in [-0.2, -0.15) is 13.2 Å². The highest BCUT2D eigenvalue weighted by Gasteiger charge is 2.36. The van der Waals surface area contributed by atoms with Gasteiger partial charge in [-0.1, -0.05) is 15.9 Å². The minimum atomic E-state index is -4.54. The van der Waals surface area contributed by atoms with Crippen molar-refractivity contribution in [1.82, 2.24) is 5.32 Å². The van der Waals surface area contributed by atoms with Crippen molar-refractivity contribution in [2.75, 3.05) is 0 Å². The topological polar surface area (TPSA) is 29.1 Å². The standard InChI is InChI=1S/C13H13BrF3NO/c1-7(8-2-3-8)18-12(19)10-5-4-9(14)6-11(10)13(15,16)17/h4-8H,2-3H2,1H3,(H,18,19)/t7-/m0/s1.